The molecule has 0 spiro atoms. The Morgan fingerprint density at radius 2 is 2.00 bits per heavy atom. The Morgan fingerprint density at radius 3 is 2.58 bits per heavy atom. The molecule has 1 heterocycles. The normalized spacial score (nSPS) is 12.4. The third-order valence-electron chi connectivity index (χ3n) is 2.70. The van der Waals surface area contributed by atoms with Crippen molar-refractivity contribution in [1.82, 2.24) is 9.97 Å². The molecule has 100 valence electrons. The highest BCUT2D eigenvalue weighted by Crippen LogP contribution is 2.23. The van der Waals surface area contributed by atoms with Crippen LogP contribution in [-0.2, 0) is 5.75 Å². The number of aryl methyl sites for hydroxylation is 1. The molecule has 0 amide bonds. The molecule has 1 aromatic heterocycles. The lowest BCUT2D eigenvalue weighted by molar-refractivity contribution is 0.197. The van der Waals surface area contributed by atoms with Gasteiger partial charge in [0.05, 0.1) is 11.9 Å². The molecule has 2 rings (SSSR count). The van der Waals surface area contributed by atoms with Crippen LogP contribution in [0.2, 0.25) is 5.02 Å². The van der Waals surface area contributed by atoms with E-state index in [0.717, 1.165) is 27.0 Å². The summed E-state index contributed by atoms with van der Waals surface area (Å²) < 4.78 is 0. The first-order valence-corrected chi connectivity index (χ1v) is 7.31. The summed E-state index contributed by atoms with van der Waals surface area (Å²) >= 11 is 7.50. The fraction of sp³-hybridized carbons (Fsp3) is 0.286. The summed E-state index contributed by atoms with van der Waals surface area (Å²) in [5, 5.41) is 10.3. The van der Waals surface area contributed by atoms with Crippen molar-refractivity contribution < 1.29 is 5.11 Å². The molecule has 1 unspecified atom stereocenters. The second-order valence-corrected chi connectivity index (χ2v) is 5.73. The third-order valence-corrected chi connectivity index (χ3v) is 3.96. The molecule has 2 aromatic rings. The van der Waals surface area contributed by atoms with Crippen molar-refractivity contribution >= 4 is 23.4 Å². The number of benzene rings is 1. The van der Waals surface area contributed by atoms with E-state index < -0.39 is 6.10 Å². The average Bonchev–Trinajstić information content (AvgIpc) is 2.37. The lowest BCUT2D eigenvalue weighted by Crippen LogP contribution is -2.02. The van der Waals surface area contributed by atoms with E-state index >= 15 is 0 Å². The molecule has 0 radical (unpaired) electrons. The van der Waals surface area contributed by atoms with E-state index in [1.807, 2.05) is 31.2 Å². The summed E-state index contributed by atoms with van der Waals surface area (Å²) in [6.45, 7) is 3.61. The predicted octanol–water partition coefficient (Wildman–Crippen LogP) is 3.78. The second kappa shape index (κ2) is 6.37. The van der Waals surface area contributed by atoms with Crippen LogP contribution in [-0.4, -0.2) is 15.1 Å². The molecule has 0 aliphatic heterocycles. The van der Waals surface area contributed by atoms with Crippen LogP contribution < -0.4 is 0 Å². The summed E-state index contributed by atoms with van der Waals surface area (Å²) in [7, 11) is 0. The summed E-state index contributed by atoms with van der Waals surface area (Å²) in [6, 6.07) is 7.69. The van der Waals surface area contributed by atoms with Crippen molar-refractivity contribution in [2.45, 2.75) is 30.6 Å². The van der Waals surface area contributed by atoms with E-state index in [1.54, 1.807) is 24.9 Å². The molecule has 1 atom stereocenters. The largest absolute Gasteiger partial charge is 0.389 e. The van der Waals surface area contributed by atoms with Gasteiger partial charge in [-0.05, 0) is 38.1 Å². The smallest absolute Gasteiger partial charge is 0.138 e. The molecule has 19 heavy (non-hydrogen) atoms. The number of aliphatic hydroxyl groups is 1. The zero-order chi connectivity index (χ0) is 13.8. The van der Waals surface area contributed by atoms with Gasteiger partial charge in [-0.3, -0.25) is 0 Å². The van der Waals surface area contributed by atoms with Gasteiger partial charge >= 0.3 is 0 Å². The van der Waals surface area contributed by atoms with Gasteiger partial charge in [-0.2, -0.15) is 0 Å². The van der Waals surface area contributed by atoms with Crippen LogP contribution in [0.5, 0.6) is 0 Å². The third kappa shape index (κ3) is 3.93. The van der Waals surface area contributed by atoms with Gasteiger partial charge in [0.25, 0.3) is 0 Å². The molecule has 0 fully saturated rings. The summed E-state index contributed by atoms with van der Waals surface area (Å²) in [5.41, 5.74) is 1.61. The number of halogens is 1. The molecule has 0 saturated heterocycles. The van der Waals surface area contributed by atoms with Crippen molar-refractivity contribution in [3.8, 4) is 0 Å². The van der Waals surface area contributed by atoms with Crippen molar-refractivity contribution in [3.63, 3.8) is 0 Å². The van der Waals surface area contributed by atoms with E-state index in [-0.39, 0.29) is 0 Å². The maximum atomic E-state index is 9.53. The fourth-order valence-corrected chi connectivity index (χ4v) is 2.57. The summed E-state index contributed by atoms with van der Waals surface area (Å²) in [5.74, 6) is 1.46. The zero-order valence-corrected chi connectivity index (χ0v) is 12.4. The van der Waals surface area contributed by atoms with Crippen molar-refractivity contribution in [2.75, 3.05) is 0 Å². The van der Waals surface area contributed by atoms with Crippen molar-refractivity contribution in [1.29, 1.82) is 0 Å². The van der Waals surface area contributed by atoms with Crippen LogP contribution in [0, 0.1) is 6.92 Å². The molecule has 0 aliphatic rings. The molecule has 0 saturated carbocycles. The first-order valence-electron chi connectivity index (χ1n) is 5.95. The highest BCUT2D eigenvalue weighted by molar-refractivity contribution is 7.98. The lowest BCUT2D eigenvalue weighted by Gasteiger charge is -2.08. The molecular formula is C14H15ClN2OS. The Morgan fingerprint density at radius 1 is 1.32 bits per heavy atom. The van der Waals surface area contributed by atoms with Gasteiger partial charge in [0, 0.05) is 27.4 Å². The van der Waals surface area contributed by atoms with Crippen LogP contribution in [0.4, 0.5) is 0 Å². The van der Waals surface area contributed by atoms with Gasteiger partial charge in [-0.1, -0.05) is 11.6 Å². The molecule has 1 N–H and O–H groups in total. The van der Waals surface area contributed by atoms with Gasteiger partial charge in [0.2, 0.25) is 0 Å². The van der Waals surface area contributed by atoms with E-state index in [9.17, 15) is 5.11 Å². The highest BCUT2D eigenvalue weighted by atomic mass is 35.5. The maximum Gasteiger partial charge on any atom is 0.138 e. The minimum Gasteiger partial charge on any atom is -0.389 e. The average molecular weight is 295 g/mol. The topological polar surface area (TPSA) is 46.0 Å². The van der Waals surface area contributed by atoms with Crippen molar-refractivity contribution in [3.05, 3.63) is 52.6 Å². The van der Waals surface area contributed by atoms with Gasteiger partial charge in [0.1, 0.15) is 5.82 Å². The quantitative estimate of drug-likeness (QED) is 0.872. The van der Waals surface area contributed by atoms with Crippen LogP contribution >= 0.6 is 23.4 Å². The second-order valence-electron chi connectivity index (χ2n) is 4.25. The van der Waals surface area contributed by atoms with Gasteiger partial charge in [-0.25, -0.2) is 9.97 Å². The number of nitrogens with zero attached hydrogens (tertiary/aromatic N) is 2. The fourth-order valence-electron chi connectivity index (χ4n) is 1.68. The van der Waals surface area contributed by atoms with Gasteiger partial charge in [-0.15, -0.1) is 11.8 Å². The summed E-state index contributed by atoms with van der Waals surface area (Å²) in [4.78, 5) is 9.81. The molecule has 3 nitrogen and oxygen atoms in total. The minimum atomic E-state index is -0.530. The highest BCUT2D eigenvalue weighted by Gasteiger charge is 2.08. The number of thioether (sulfide) groups is 1. The van der Waals surface area contributed by atoms with Crippen LogP contribution in [0.25, 0.3) is 0 Å². The molecule has 0 aliphatic carbocycles. The van der Waals surface area contributed by atoms with E-state index in [4.69, 9.17) is 11.6 Å². The summed E-state index contributed by atoms with van der Waals surface area (Å²) in [6.07, 6.45) is 1.17. The Bertz CT molecular complexity index is 558. The van der Waals surface area contributed by atoms with Crippen LogP contribution in [0.3, 0.4) is 0 Å². The molecular weight excluding hydrogens is 280 g/mol. The predicted molar refractivity (Wildman–Crippen MR) is 78.4 cm³/mol. The monoisotopic (exact) mass is 294 g/mol. The minimum absolute atomic E-state index is 0.530. The Balaban J connectivity index is 2.04. The number of aliphatic hydroxyl groups excluding tert-OH is 1. The Labute approximate surface area is 122 Å². The Hall–Kier alpha value is -1.10. The number of hydrogen-bond donors (Lipinski definition) is 1. The number of rotatable bonds is 4. The van der Waals surface area contributed by atoms with Crippen LogP contribution in [0.1, 0.15) is 30.1 Å². The molecule has 5 heteroatoms. The lowest BCUT2D eigenvalue weighted by atomic mass is 10.1. The molecule has 1 aromatic carbocycles. The Kier molecular flexibility index (Phi) is 4.80. The number of hydrogen-bond acceptors (Lipinski definition) is 4. The first kappa shape index (κ1) is 14.3. The van der Waals surface area contributed by atoms with Gasteiger partial charge < -0.3 is 5.11 Å². The SMILES string of the molecule is Cc1nc(CSc2ccc(Cl)cc2)ncc1C(C)O. The van der Waals surface area contributed by atoms with Gasteiger partial charge in [0.15, 0.2) is 0 Å². The van der Waals surface area contributed by atoms with E-state index in [0.29, 0.717) is 5.75 Å². The standard InChI is InChI=1S/C14H15ClN2OS/c1-9-13(10(2)18)7-16-14(17-9)8-19-12-5-3-11(15)4-6-12/h3-7,10,18H,8H2,1-2H3. The van der Waals surface area contributed by atoms with Crippen LogP contribution in [0.15, 0.2) is 35.4 Å². The van der Waals surface area contributed by atoms with E-state index in [1.165, 1.54) is 0 Å². The van der Waals surface area contributed by atoms with Crippen molar-refractivity contribution in [2.24, 2.45) is 0 Å². The number of aromatic nitrogens is 2. The zero-order valence-electron chi connectivity index (χ0n) is 10.8. The first-order chi connectivity index (χ1) is 9.06. The molecule has 0 bridgehead atoms. The maximum absolute atomic E-state index is 9.53. The van der Waals surface area contributed by atoms with E-state index in [2.05, 4.69) is 9.97 Å².